The molecule has 5 aromatic carbocycles. The van der Waals surface area contributed by atoms with Gasteiger partial charge in [0.25, 0.3) is 5.95 Å². The van der Waals surface area contributed by atoms with Gasteiger partial charge in [0, 0.05) is 0 Å². The highest BCUT2D eigenvalue weighted by molar-refractivity contribution is 7.92. The third-order valence-electron chi connectivity index (χ3n) is 9.75. The number of sulfonamides is 2. The van der Waals surface area contributed by atoms with E-state index in [2.05, 4.69) is 6.58 Å². The van der Waals surface area contributed by atoms with Gasteiger partial charge in [-0.2, -0.15) is 61.1 Å². The summed E-state index contributed by atoms with van der Waals surface area (Å²) in [5, 5.41) is 0. The molecule has 344 valence electrons. The van der Waals surface area contributed by atoms with Crippen LogP contribution in [0.2, 0.25) is 0 Å². The minimum absolute atomic E-state index is 0.0824. The van der Waals surface area contributed by atoms with Gasteiger partial charge < -0.3 is 9.39 Å². The topological polar surface area (TPSA) is 93.2 Å². The summed E-state index contributed by atoms with van der Waals surface area (Å²) in [7, 11) is -15.0. The van der Waals surface area contributed by atoms with E-state index < -0.39 is 109 Å². The van der Waals surface area contributed by atoms with Gasteiger partial charge in [-0.25, -0.2) is 16.8 Å². The molecule has 1 aliphatic rings. The Morgan fingerprint density at radius 3 is 1.22 bits per heavy atom. The second-order valence-corrected chi connectivity index (χ2v) is 17.8. The van der Waals surface area contributed by atoms with Crippen molar-refractivity contribution in [2.75, 3.05) is 6.61 Å². The molecular weight excluding hydrogens is 931 g/mol. The summed E-state index contributed by atoms with van der Waals surface area (Å²) in [4.78, 5) is -3.42. The van der Waals surface area contributed by atoms with Crippen LogP contribution in [0.5, 0.6) is 0 Å². The zero-order chi connectivity index (χ0) is 47.8. The molecule has 8 nitrogen and oxygen atoms in total. The summed E-state index contributed by atoms with van der Waals surface area (Å²) in [6.45, 7) is 3.01. The number of hydrogen-bond donors (Lipinski definition) is 0. The monoisotopic (exact) mass is 962 g/mol. The van der Waals surface area contributed by atoms with Crippen LogP contribution in [-0.4, -0.2) is 39.1 Å². The minimum Gasteiger partial charge on any atom is -0.505 e. The highest BCUT2D eigenvalue weighted by Gasteiger charge is 2.64. The highest BCUT2D eigenvalue weighted by atomic mass is 32.2. The largest absolute Gasteiger partial charge is 0.580 e. The van der Waals surface area contributed by atoms with E-state index in [0.717, 1.165) is 12.2 Å². The lowest BCUT2D eigenvalue weighted by Gasteiger charge is -2.29. The van der Waals surface area contributed by atoms with Gasteiger partial charge in [-0.15, -0.1) is 0 Å². The average molecular weight is 963 g/mol. The molecule has 5 aromatic rings. The summed E-state index contributed by atoms with van der Waals surface area (Å²) >= 11 is 0. The molecule has 1 fully saturated rings. The lowest BCUT2D eigenvalue weighted by atomic mass is 9.95. The Morgan fingerprint density at radius 2 is 0.892 bits per heavy atom. The van der Waals surface area contributed by atoms with Crippen molar-refractivity contribution in [3.8, 4) is 0 Å². The molecule has 65 heavy (non-hydrogen) atoms. The second kappa shape index (κ2) is 18.2. The summed E-state index contributed by atoms with van der Waals surface area (Å²) in [6, 6.07) is 15.2. The fraction of sp³-hybridized carbons (Fsp3) is 0.190. The first-order chi connectivity index (χ1) is 30.2. The van der Waals surface area contributed by atoms with Crippen molar-refractivity contribution in [2.45, 2.75) is 53.0 Å². The third-order valence-corrected chi connectivity index (χ3v) is 13.3. The summed E-state index contributed by atoms with van der Waals surface area (Å²) in [5.41, 5.74) is -8.35. The maximum Gasteiger partial charge on any atom is 0.580 e. The van der Waals surface area contributed by atoms with Crippen molar-refractivity contribution in [2.24, 2.45) is 0 Å². The number of hydrogen-bond acceptors (Lipinski definition) is 6. The molecule has 0 N–H and O–H groups in total. The van der Waals surface area contributed by atoms with Crippen molar-refractivity contribution < 1.29 is 78.9 Å². The summed E-state index contributed by atoms with van der Waals surface area (Å²) < 4.78 is 244. The number of nitrogens with zero attached hydrogens (tertiary/aromatic N) is 2. The van der Waals surface area contributed by atoms with E-state index in [1.807, 2.05) is 0 Å². The zero-order valence-electron chi connectivity index (χ0n) is 32.8. The predicted molar refractivity (Wildman–Crippen MR) is 211 cm³/mol. The van der Waals surface area contributed by atoms with Crippen LogP contribution in [0, 0.1) is 0 Å². The Kier molecular flexibility index (Phi) is 13.7. The smallest absolute Gasteiger partial charge is 0.505 e. The van der Waals surface area contributed by atoms with Crippen molar-refractivity contribution in [1.82, 2.24) is 8.43 Å². The van der Waals surface area contributed by atoms with E-state index in [0.29, 0.717) is 5.56 Å². The van der Waals surface area contributed by atoms with E-state index in [1.165, 1.54) is 60.7 Å². The lowest BCUT2D eigenvalue weighted by Crippen LogP contribution is -2.51. The van der Waals surface area contributed by atoms with Crippen LogP contribution >= 0.6 is 0 Å². The van der Waals surface area contributed by atoms with Crippen LogP contribution in [0.3, 0.4) is 0 Å². The molecule has 0 bridgehead atoms. The number of alkyl halides is 12. The van der Waals surface area contributed by atoms with Crippen LogP contribution in [-0.2, 0) is 60.6 Å². The normalized spacial score (nSPS) is 17.3. The average Bonchev–Trinajstić information content (AvgIpc) is 3.60. The molecule has 1 saturated heterocycles. The fourth-order valence-corrected chi connectivity index (χ4v) is 10.3. The molecule has 0 spiro atoms. The predicted octanol–water partition coefficient (Wildman–Crippen LogP) is 11.2. The Balaban J connectivity index is 1.76. The van der Waals surface area contributed by atoms with Crippen molar-refractivity contribution in [1.29, 1.82) is 0 Å². The van der Waals surface area contributed by atoms with Gasteiger partial charge in [-0.3, -0.25) is 0 Å². The molecule has 0 unspecified atom stereocenters. The van der Waals surface area contributed by atoms with E-state index in [9.17, 15) is 52.7 Å². The molecule has 2 atom stereocenters. The first-order valence-electron chi connectivity index (χ1n) is 18.6. The van der Waals surface area contributed by atoms with Crippen molar-refractivity contribution in [3.63, 3.8) is 0 Å². The third kappa shape index (κ3) is 10.7. The minimum atomic E-state index is -6.02. The van der Waals surface area contributed by atoms with Gasteiger partial charge in [0.1, 0.15) is 6.61 Å². The Bertz CT molecular complexity index is 2540. The first-order valence-corrected chi connectivity index (χ1v) is 21.5. The number of rotatable bonds is 13. The lowest BCUT2D eigenvalue weighted by molar-refractivity contribution is -0.145. The molecule has 0 aliphatic carbocycles. The number of ether oxygens (including phenoxy) is 1. The molecular formula is C42H31BF12N2O6S2. The van der Waals surface area contributed by atoms with Crippen LogP contribution < -0.4 is 0 Å². The van der Waals surface area contributed by atoms with E-state index in [1.54, 1.807) is 30.3 Å². The molecule has 0 saturated carbocycles. The quantitative estimate of drug-likeness (QED) is 0.0505. The van der Waals surface area contributed by atoms with Gasteiger partial charge in [0.15, 0.2) is 0 Å². The van der Waals surface area contributed by atoms with Crippen molar-refractivity contribution in [3.05, 3.63) is 191 Å². The Labute approximate surface area is 364 Å². The van der Waals surface area contributed by atoms with E-state index >= 15 is 16.8 Å². The molecule has 23 heteroatoms. The maximum absolute atomic E-state index is 15.2. The number of halogens is 12. The maximum atomic E-state index is 15.2. The first kappa shape index (κ1) is 48.7. The molecule has 0 amide bonds. The second-order valence-electron chi connectivity index (χ2n) is 14.1. The van der Waals surface area contributed by atoms with Gasteiger partial charge in [0.05, 0.1) is 44.1 Å². The molecule has 1 heterocycles. The zero-order valence-corrected chi connectivity index (χ0v) is 34.5. The molecule has 1 aliphatic heterocycles. The Hall–Kier alpha value is -5.78. The molecule has 0 radical (unpaired) electrons. The Morgan fingerprint density at radius 1 is 0.554 bits per heavy atom. The highest BCUT2D eigenvalue weighted by Crippen LogP contribution is 2.52. The number of benzene rings is 5. The summed E-state index contributed by atoms with van der Waals surface area (Å²) in [6.07, 6.45) is -20.3. The SMILES string of the molecule is C=CCO/C(=C\Cc1ccccc1)OB1N(S(=O)(=O)c2cc(C(F)(F)F)cc(C(F)(F)F)c2)[C@@H](c2ccccc2)[C@H](c2ccccc2)N1S(=O)(=O)c1cc(C(F)(F)F)cc(C(F)(F)F)c1. The van der Waals surface area contributed by atoms with Gasteiger partial charge >= 0.3 is 31.9 Å². The molecule has 0 aromatic heterocycles. The van der Waals surface area contributed by atoms with Crippen LogP contribution in [0.15, 0.2) is 162 Å². The standard InChI is InChI=1S/C42H31BF12N2O6S2/c1-2-20-62-36(19-18-27-12-6-3-7-13-27)63-43-56(64(58,59)34-23-30(39(44,45)46)21-31(24-34)40(47,48)49)37(28-14-8-4-9-15-28)38(29-16-10-5-11-17-29)57(43)65(60,61)35-25-32(41(50,51)52)22-33(26-35)42(53,54)55/h2-17,19,21-26,37-38H,1,18,20H2/b36-19+/t37-,38-/m0/s1. The number of allylic oxidation sites excluding steroid dienone is 1. The van der Waals surface area contributed by atoms with Gasteiger partial charge in [0.2, 0.25) is 20.0 Å². The van der Waals surface area contributed by atoms with Gasteiger partial charge in [-0.1, -0.05) is 104 Å². The van der Waals surface area contributed by atoms with Crippen LogP contribution in [0.25, 0.3) is 0 Å². The fourth-order valence-electron chi connectivity index (χ4n) is 6.86. The summed E-state index contributed by atoms with van der Waals surface area (Å²) in [5.74, 6) is -0.764. The van der Waals surface area contributed by atoms with Crippen molar-refractivity contribution >= 4 is 27.2 Å². The van der Waals surface area contributed by atoms with Crippen LogP contribution in [0.4, 0.5) is 52.7 Å². The van der Waals surface area contributed by atoms with E-state index in [4.69, 9.17) is 9.39 Å². The van der Waals surface area contributed by atoms with Crippen LogP contribution in [0.1, 0.15) is 51.0 Å². The molecule has 6 rings (SSSR count). The van der Waals surface area contributed by atoms with E-state index in [-0.39, 0.29) is 62.4 Å². The van der Waals surface area contributed by atoms with Gasteiger partial charge in [-0.05, 0) is 65.6 Å².